The van der Waals surface area contributed by atoms with Gasteiger partial charge in [0.1, 0.15) is 5.75 Å². The van der Waals surface area contributed by atoms with Gasteiger partial charge in [0.05, 0.1) is 12.0 Å². The van der Waals surface area contributed by atoms with Crippen molar-refractivity contribution in [3.05, 3.63) is 87.4 Å². The van der Waals surface area contributed by atoms with Gasteiger partial charge in [-0.1, -0.05) is 69.1 Å². The summed E-state index contributed by atoms with van der Waals surface area (Å²) in [5.41, 5.74) is 5.82. The van der Waals surface area contributed by atoms with Gasteiger partial charge in [-0.25, -0.2) is 5.43 Å². The first-order chi connectivity index (χ1) is 16.4. The summed E-state index contributed by atoms with van der Waals surface area (Å²) in [7, 11) is 0. The molecule has 3 aromatic carbocycles. The van der Waals surface area contributed by atoms with E-state index >= 15 is 0 Å². The lowest BCUT2D eigenvalue weighted by atomic mass is 10.1. The molecule has 0 atom stereocenters. The monoisotopic (exact) mass is 555 g/mol. The Morgan fingerprint density at radius 3 is 2.62 bits per heavy atom. The minimum atomic E-state index is -0.321. The number of phenolic OH excluding ortho intramolecular Hbond substituents is 1. The number of hydrazone groups is 1. The van der Waals surface area contributed by atoms with Crippen molar-refractivity contribution >= 4 is 51.4 Å². The molecule has 0 saturated carbocycles. The van der Waals surface area contributed by atoms with E-state index in [0.29, 0.717) is 21.6 Å². The van der Waals surface area contributed by atoms with Gasteiger partial charge in [-0.05, 0) is 49.4 Å². The van der Waals surface area contributed by atoms with Crippen LogP contribution in [0.1, 0.15) is 11.1 Å². The first kappa shape index (κ1) is 24.0. The zero-order valence-corrected chi connectivity index (χ0v) is 21.1. The van der Waals surface area contributed by atoms with E-state index in [9.17, 15) is 9.90 Å². The fourth-order valence-corrected chi connectivity index (χ4v) is 4.29. The second-order valence-corrected chi connectivity index (χ2v) is 9.56. The molecule has 0 radical (unpaired) electrons. The van der Waals surface area contributed by atoms with Crippen LogP contribution < -0.4 is 5.43 Å². The molecule has 34 heavy (non-hydrogen) atoms. The van der Waals surface area contributed by atoms with E-state index in [0.717, 1.165) is 21.3 Å². The predicted octanol–water partition coefficient (Wildman–Crippen LogP) is 5.61. The Morgan fingerprint density at radius 2 is 1.88 bits per heavy atom. The van der Waals surface area contributed by atoms with Crippen LogP contribution in [0.5, 0.6) is 5.75 Å². The van der Waals surface area contributed by atoms with Crippen LogP contribution in [-0.4, -0.2) is 37.7 Å². The average Bonchev–Trinajstić information content (AvgIpc) is 3.25. The number of aromatic nitrogens is 3. The summed E-state index contributed by atoms with van der Waals surface area (Å²) in [6.45, 7) is 2.02. The molecule has 172 valence electrons. The van der Waals surface area contributed by atoms with E-state index in [2.05, 4.69) is 36.7 Å². The number of phenols is 1. The topological polar surface area (TPSA) is 92.4 Å². The number of benzene rings is 3. The molecule has 0 unspecified atom stereocenters. The third kappa shape index (κ3) is 5.85. The van der Waals surface area contributed by atoms with Gasteiger partial charge in [-0.15, -0.1) is 10.2 Å². The van der Waals surface area contributed by atoms with Crippen LogP contribution in [-0.2, 0) is 4.79 Å². The highest BCUT2D eigenvalue weighted by molar-refractivity contribution is 9.10. The zero-order chi connectivity index (χ0) is 24.1. The standard InChI is InChI=1S/C24H19BrClN5O2S/c1-15-2-4-16(5-3-15)23-29-30-24(31(23)20-9-7-19(26)8-10-20)34-14-22(33)28-27-13-17-12-18(25)6-11-21(17)32/h2-13,32H,14H2,1H3,(H,28,33)/b27-13-. The van der Waals surface area contributed by atoms with Crippen LogP contribution in [0.4, 0.5) is 0 Å². The molecule has 0 aliphatic rings. The number of aryl methyl sites for hydroxylation is 1. The van der Waals surface area contributed by atoms with Gasteiger partial charge in [0.15, 0.2) is 11.0 Å². The van der Waals surface area contributed by atoms with Gasteiger partial charge in [-0.3, -0.25) is 9.36 Å². The number of thioether (sulfide) groups is 1. The van der Waals surface area contributed by atoms with Crippen LogP contribution in [0.3, 0.4) is 0 Å². The van der Waals surface area contributed by atoms with Crippen LogP contribution in [0.2, 0.25) is 5.02 Å². The molecule has 1 aromatic heterocycles. The number of nitrogens with one attached hydrogen (secondary N) is 1. The molecular weight excluding hydrogens is 538 g/mol. The Morgan fingerprint density at radius 1 is 1.15 bits per heavy atom. The Hall–Kier alpha value is -3.14. The molecule has 7 nitrogen and oxygen atoms in total. The SMILES string of the molecule is Cc1ccc(-c2nnc(SCC(=O)N/N=C\c3cc(Br)ccc3O)n2-c2ccc(Cl)cc2)cc1. The summed E-state index contributed by atoms with van der Waals surface area (Å²) in [6, 6.07) is 20.3. The Balaban J connectivity index is 1.51. The summed E-state index contributed by atoms with van der Waals surface area (Å²) in [5, 5.41) is 23.7. The van der Waals surface area contributed by atoms with Crippen LogP contribution in [0, 0.1) is 6.92 Å². The van der Waals surface area contributed by atoms with Crippen LogP contribution >= 0.6 is 39.3 Å². The van der Waals surface area contributed by atoms with Crippen molar-refractivity contribution in [2.24, 2.45) is 5.10 Å². The first-order valence-electron chi connectivity index (χ1n) is 10.1. The average molecular weight is 557 g/mol. The normalized spacial score (nSPS) is 11.1. The minimum absolute atomic E-state index is 0.0651. The highest BCUT2D eigenvalue weighted by Gasteiger charge is 2.17. The van der Waals surface area contributed by atoms with Gasteiger partial charge in [0.25, 0.3) is 5.91 Å². The quantitative estimate of drug-likeness (QED) is 0.175. The minimum Gasteiger partial charge on any atom is -0.507 e. The van der Waals surface area contributed by atoms with Crippen molar-refractivity contribution in [2.75, 3.05) is 5.75 Å². The molecular formula is C24H19BrClN5O2S. The summed E-state index contributed by atoms with van der Waals surface area (Å²) < 4.78 is 2.68. The summed E-state index contributed by atoms with van der Waals surface area (Å²) >= 11 is 10.6. The molecule has 4 aromatic rings. The molecule has 1 heterocycles. The lowest BCUT2D eigenvalue weighted by Gasteiger charge is -2.10. The summed E-state index contributed by atoms with van der Waals surface area (Å²) in [6.07, 6.45) is 1.38. The number of nitrogens with zero attached hydrogens (tertiary/aromatic N) is 4. The second-order valence-electron chi connectivity index (χ2n) is 7.27. The maximum atomic E-state index is 12.4. The summed E-state index contributed by atoms with van der Waals surface area (Å²) in [4.78, 5) is 12.4. The number of carbonyl (C=O) groups is 1. The highest BCUT2D eigenvalue weighted by Crippen LogP contribution is 2.29. The van der Waals surface area contributed by atoms with E-state index in [-0.39, 0.29) is 17.4 Å². The molecule has 1 amide bonds. The largest absolute Gasteiger partial charge is 0.507 e. The van der Waals surface area contributed by atoms with Crippen molar-refractivity contribution in [3.8, 4) is 22.8 Å². The molecule has 0 aliphatic heterocycles. The molecule has 0 saturated heterocycles. The summed E-state index contributed by atoms with van der Waals surface area (Å²) in [5.74, 6) is 0.475. The Bertz CT molecular complexity index is 1340. The van der Waals surface area contributed by atoms with Gasteiger partial charge < -0.3 is 5.11 Å². The maximum Gasteiger partial charge on any atom is 0.250 e. The zero-order valence-electron chi connectivity index (χ0n) is 17.9. The number of amides is 1. The van der Waals surface area contributed by atoms with E-state index in [1.807, 2.05) is 47.9 Å². The smallest absolute Gasteiger partial charge is 0.250 e. The lowest BCUT2D eigenvalue weighted by Crippen LogP contribution is -2.20. The van der Waals surface area contributed by atoms with Gasteiger partial charge in [0, 0.05) is 26.3 Å². The molecule has 0 fully saturated rings. The van der Waals surface area contributed by atoms with E-state index in [4.69, 9.17) is 11.6 Å². The number of hydrogen-bond acceptors (Lipinski definition) is 6. The van der Waals surface area contributed by atoms with E-state index in [1.54, 1.807) is 30.3 Å². The van der Waals surface area contributed by atoms with Crippen LogP contribution in [0.15, 0.2) is 81.5 Å². The lowest BCUT2D eigenvalue weighted by molar-refractivity contribution is -0.118. The third-order valence-electron chi connectivity index (χ3n) is 4.74. The number of aromatic hydroxyl groups is 1. The molecule has 4 rings (SSSR count). The first-order valence-corrected chi connectivity index (χ1v) is 12.3. The van der Waals surface area contributed by atoms with Gasteiger partial charge >= 0.3 is 0 Å². The number of rotatable bonds is 7. The molecule has 0 bridgehead atoms. The van der Waals surface area contributed by atoms with Gasteiger partial charge in [0.2, 0.25) is 0 Å². The molecule has 10 heteroatoms. The molecule has 0 aliphatic carbocycles. The molecule has 2 N–H and O–H groups in total. The fraction of sp³-hybridized carbons (Fsp3) is 0.0833. The maximum absolute atomic E-state index is 12.4. The third-order valence-corrected chi connectivity index (χ3v) is 6.42. The van der Waals surface area contributed by atoms with Crippen molar-refractivity contribution < 1.29 is 9.90 Å². The van der Waals surface area contributed by atoms with Crippen molar-refractivity contribution in [3.63, 3.8) is 0 Å². The number of carbonyl (C=O) groups excluding carboxylic acids is 1. The van der Waals surface area contributed by atoms with Gasteiger partial charge in [-0.2, -0.15) is 5.10 Å². The number of halogens is 2. The molecule has 0 spiro atoms. The number of hydrogen-bond donors (Lipinski definition) is 2. The van der Waals surface area contributed by atoms with Crippen molar-refractivity contribution in [2.45, 2.75) is 12.1 Å². The van der Waals surface area contributed by atoms with Crippen molar-refractivity contribution in [1.82, 2.24) is 20.2 Å². The van der Waals surface area contributed by atoms with E-state index in [1.165, 1.54) is 18.0 Å². The van der Waals surface area contributed by atoms with E-state index < -0.39 is 0 Å². The second kappa shape index (κ2) is 10.9. The predicted molar refractivity (Wildman–Crippen MR) is 139 cm³/mol. The van der Waals surface area contributed by atoms with Crippen molar-refractivity contribution in [1.29, 1.82) is 0 Å². The Kier molecular flexibility index (Phi) is 7.66. The van der Waals surface area contributed by atoms with Crippen LogP contribution in [0.25, 0.3) is 17.1 Å². The highest BCUT2D eigenvalue weighted by atomic mass is 79.9. The Labute approximate surface area is 214 Å². The fourth-order valence-electron chi connectivity index (χ4n) is 3.04.